The second-order valence-corrected chi connectivity index (χ2v) is 7.46. The van der Waals surface area contributed by atoms with Crippen LogP contribution in [0.15, 0.2) is 41.8 Å². The molecule has 2 aromatic rings. The van der Waals surface area contributed by atoms with Gasteiger partial charge in [0, 0.05) is 18.0 Å². The summed E-state index contributed by atoms with van der Waals surface area (Å²) in [5, 5.41) is 11.0. The lowest BCUT2D eigenvalue weighted by Gasteiger charge is -2.18. The highest BCUT2D eigenvalue weighted by atomic mass is 32.1. The minimum Gasteiger partial charge on any atom is -0.494 e. The van der Waals surface area contributed by atoms with Crippen molar-refractivity contribution in [3.63, 3.8) is 0 Å². The number of nitrogens with zero attached hydrogens (tertiary/aromatic N) is 1. The molecular formula is C20H27NO3S. The standard InChI is InChI=1S/C20H27NO3S/c1-16(20(22)23)15-21(2)12-4-13-24-18-9-6-17(7-10-18)8-11-19-5-3-14-25-19/h3,5-7,9-10,14,16H,4,8,11-13,15H2,1-2H3,(H,22,23). The predicted molar refractivity (Wildman–Crippen MR) is 103 cm³/mol. The quantitative estimate of drug-likeness (QED) is 0.616. The number of aliphatic carboxylic acids is 1. The Labute approximate surface area is 154 Å². The normalized spacial score (nSPS) is 12.3. The third-order valence-corrected chi connectivity index (χ3v) is 5.06. The van der Waals surface area contributed by atoms with Crippen LogP contribution < -0.4 is 4.74 Å². The van der Waals surface area contributed by atoms with Gasteiger partial charge < -0.3 is 14.7 Å². The van der Waals surface area contributed by atoms with Crippen molar-refractivity contribution in [1.82, 2.24) is 4.90 Å². The van der Waals surface area contributed by atoms with E-state index in [1.807, 2.05) is 24.1 Å². The van der Waals surface area contributed by atoms with E-state index in [0.29, 0.717) is 13.2 Å². The molecule has 0 saturated carbocycles. The van der Waals surface area contributed by atoms with Crippen molar-refractivity contribution >= 4 is 17.3 Å². The van der Waals surface area contributed by atoms with Gasteiger partial charge in [-0.1, -0.05) is 25.1 Å². The van der Waals surface area contributed by atoms with E-state index in [9.17, 15) is 4.79 Å². The molecule has 1 atom stereocenters. The molecule has 136 valence electrons. The van der Waals surface area contributed by atoms with Crippen LogP contribution in [0.1, 0.15) is 23.8 Å². The van der Waals surface area contributed by atoms with Crippen molar-refractivity contribution in [2.75, 3.05) is 26.7 Å². The summed E-state index contributed by atoms with van der Waals surface area (Å²) < 4.78 is 5.77. The molecule has 1 heterocycles. The van der Waals surface area contributed by atoms with Gasteiger partial charge in [0.1, 0.15) is 5.75 Å². The average Bonchev–Trinajstić information content (AvgIpc) is 3.11. The fourth-order valence-corrected chi connectivity index (χ4v) is 3.35. The van der Waals surface area contributed by atoms with Gasteiger partial charge in [0.05, 0.1) is 12.5 Å². The Balaban J connectivity index is 1.63. The van der Waals surface area contributed by atoms with Gasteiger partial charge in [0.2, 0.25) is 0 Å². The molecule has 0 aliphatic rings. The van der Waals surface area contributed by atoms with Crippen LogP contribution in [0.3, 0.4) is 0 Å². The summed E-state index contributed by atoms with van der Waals surface area (Å²) in [7, 11) is 1.95. The Bertz CT molecular complexity index is 625. The molecule has 1 aromatic heterocycles. The molecule has 0 aliphatic carbocycles. The highest BCUT2D eigenvalue weighted by Gasteiger charge is 2.13. The molecule has 0 saturated heterocycles. The van der Waals surface area contributed by atoms with E-state index < -0.39 is 5.97 Å². The Hall–Kier alpha value is -1.85. The fraction of sp³-hybridized carbons (Fsp3) is 0.450. The van der Waals surface area contributed by atoms with Crippen molar-refractivity contribution in [2.24, 2.45) is 5.92 Å². The van der Waals surface area contributed by atoms with Gasteiger partial charge in [0.15, 0.2) is 0 Å². The minimum atomic E-state index is -0.748. The molecule has 0 fully saturated rings. The number of hydrogen-bond donors (Lipinski definition) is 1. The number of benzene rings is 1. The highest BCUT2D eigenvalue weighted by Crippen LogP contribution is 2.16. The van der Waals surface area contributed by atoms with Crippen LogP contribution in [0.5, 0.6) is 5.75 Å². The topological polar surface area (TPSA) is 49.8 Å². The Morgan fingerprint density at radius 1 is 1.24 bits per heavy atom. The van der Waals surface area contributed by atoms with Crippen molar-refractivity contribution in [2.45, 2.75) is 26.2 Å². The molecule has 25 heavy (non-hydrogen) atoms. The summed E-state index contributed by atoms with van der Waals surface area (Å²) in [6.07, 6.45) is 3.01. The molecule has 2 rings (SSSR count). The maximum Gasteiger partial charge on any atom is 0.307 e. The van der Waals surface area contributed by atoms with E-state index in [2.05, 4.69) is 29.6 Å². The van der Waals surface area contributed by atoms with Gasteiger partial charge in [-0.3, -0.25) is 4.79 Å². The van der Waals surface area contributed by atoms with E-state index in [4.69, 9.17) is 9.84 Å². The first-order valence-electron chi connectivity index (χ1n) is 8.70. The molecule has 0 amide bonds. The third-order valence-electron chi connectivity index (χ3n) is 4.12. The molecule has 4 nitrogen and oxygen atoms in total. The lowest BCUT2D eigenvalue weighted by Crippen LogP contribution is -2.30. The zero-order valence-electron chi connectivity index (χ0n) is 15.0. The number of carbonyl (C=O) groups is 1. The summed E-state index contributed by atoms with van der Waals surface area (Å²) in [6, 6.07) is 12.6. The second kappa shape index (κ2) is 10.2. The van der Waals surface area contributed by atoms with Gasteiger partial charge in [-0.25, -0.2) is 0 Å². The van der Waals surface area contributed by atoms with Crippen LogP contribution in [0.2, 0.25) is 0 Å². The van der Waals surface area contributed by atoms with Crippen molar-refractivity contribution < 1.29 is 14.6 Å². The van der Waals surface area contributed by atoms with E-state index in [0.717, 1.165) is 31.6 Å². The number of rotatable bonds is 11. The van der Waals surface area contributed by atoms with Crippen LogP contribution >= 0.6 is 11.3 Å². The predicted octanol–water partition coefficient (Wildman–Crippen LogP) is 3.95. The summed E-state index contributed by atoms with van der Waals surface area (Å²) >= 11 is 1.80. The first kappa shape index (κ1) is 19.5. The van der Waals surface area contributed by atoms with E-state index in [1.54, 1.807) is 18.3 Å². The van der Waals surface area contributed by atoms with Crippen LogP contribution in [0.4, 0.5) is 0 Å². The number of aryl methyl sites for hydroxylation is 2. The van der Waals surface area contributed by atoms with Crippen molar-refractivity contribution in [3.05, 3.63) is 52.2 Å². The average molecular weight is 362 g/mol. The van der Waals surface area contributed by atoms with Crippen LogP contribution in [0.25, 0.3) is 0 Å². The maximum absolute atomic E-state index is 10.8. The molecule has 1 N–H and O–H groups in total. The van der Waals surface area contributed by atoms with Gasteiger partial charge in [-0.05, 0) is 55.5 Å². The van der Waals surface area contributed by atoms with Crippen LogP contribution in [-0.4, -0.2) is 42.7 Å². The van der Waals surface area contributed by atoms with E-state index >= 15 is 0 Å². The van der Waals surface area contributed by atoms with Crippen molar-refractivity contribution in [1.29, 1.82) is 0 Å². The summed E-state index contributed by atoms with van der Waals surface area (Å²) in [4.78, 5) is 14.3. The number of carboxylic acids is 1. The smallest absolute Gasteiger partial charge is 0.307 e. The first-order chi connectivity index (χ1) is 12.0. The lowest BCUT2D eigenvalue weighted by atomic mass is 10.1. The largest absolute Gasteiger partial charge is 0.494 e. The molecule has 5 heteroatoms. The number of carboxylic acid groups (broad SMARTS) is 1. The maximum atomic E-state index is 10.8. The van der Waals surface area contributed by atoms with E-state index in [1.165, 1.54) is 10.4 Å². The zero-order valence-corrected chi connectivity index (χ0v) is 15.8. The van der Waals surface area contributed by atoms with E-state index in [-0.39, 0.29) is 5.92 Å². The monoisotopic (exact) mass is 361 g/mol. The molecule has 1 unspecified atom stereocenters. The van der Waals surface area contributed by atoms with Gasteiger partial charge in [0.25, 0.3) is 0 Å². The summed E-state index contributed by atoms with van der Waals surface area (Å²) in [5.74, 6) is -0.198. The molecule has 0 aliphatic heterocycles. The highest BCUT2D eigenvalue weighted by molar-refractivity contribution is 7.09. The molecule has 0 radical (unpaired) electrons. The summed E-state index contributed by atoms with van der Waals surface area (Å²) in [6.45, 7) is 3.76. The van der Waals surface area contributed by atoms with Crippen LogP contribution in [-0.2, 0) is 17.6 Å². The third kappa shape index (κ3) is 7.28. The fourth-order valence-electron chi connectivity index (χ4n) is 2.64. The number of ether oxygens (including phenoxy) is 1. The molecule has 0 spiro atoms. The molecule has 0 bridgehead atoms. The van der Waals surface area contributed by atoms with Gasteiger partial charge in [-0.15, -0.1) is 11.3 Å². The summed E-state index contributed by atoms with van der Waals surface area (Å²) in [5.41, 5.74) is 1.32. The molecule has 1 aromatic carbocycles. The number of hydrogen-bond acceptors (Lipinski definition) is 4. The first-order valence-corrected chi connectivity index (χ1v) is 9.58. The zero-order chi connectivity index (χ0) is 18.1. The minimum absolute atomic E-state index is 0.340. The van der Waals surface area contributed by atoms with Crippen LogP contribution in [0, 0.1) is 5.92 Å². The van der Waals surface area contributed by atoms with Gasteiger partial charge in [-0.2, -0.15) is 0 Å². The van der Waals surface area contributed by atoms with Crippen molar-refractivity contribution in [3.8, 4) is 5.75 Å². The Kier molecular flexibility index (Phi) is 7.95. The lowest BCUT2D eigenvalue weighted by molar-refractivity contribution is -0.141. The Morgan fingerprint density at radius 2 is 2.00 bits per heavy atom. The SMILES string of the molecule is CC(CN(C)CCCOc1ccc(CCc2cccs2)cc1)C(=O)O. The van der Waals surface area contributed by atoms with Gasteiger partial charge >= 0.3 is 5.97 Å². The number of thiophene rings is 1. The Morgan fingerprint density at radius 3 is 2.64 bits per heavy atom. The second-order valence-electron chi connectivity index (χ2n) is 6.43. The molecular weight excluding hydrogens is 334 g/mol.